The summed E-state index contributed by atoms with van der Waals surface area (Å²) in [5.74, 6) is 1.05. The molecule has 0 spiro atoms. The molecule has 2 heterocycles. The van der Waals surface area contributed by atoms with Crippen LogP contribution in [0.25, 0.3) is 0 Å². The van der Waals surface area contributed by atoms with Gasteiger partial charge in [-0.2, -0.15) is 0 Å². The van der Waals surface area contributed by atoms with Gasteiger partial charge in [0.2, 0.25) is 5.89 Å². The molecule has 0 aromatic carbocycles. The molecule has 16 heavy (non-hydrogen) atoms. The van der Waals surface area contributed by atoms with Crippen LogP contribution in [-0.4, -0.2) is 39.9 Å². The Morgan fingerprint density at radius 2 is 2.12 bits per heavy atom. The molecule has 1 aromatic heterocycles. The van der Waals surface area contributed by atoms with E-state index in [-0.39, 0.29) is 0 Å². The summed E-state index contributed by atoms with van der Waals surface area (Å²) >= 11 is 5.59. The maximum Gasteiger partial charge on any atom is 0.318 e. The number of aryl methyl sites for hydroxylation is 1. The van der Waals surface area contributed by atoms with Gasteiger partial charge in [-0.25, -0.2) is 0 Å². The molecule has 0 amide bonds. The van der Waals surface area contributed by atoms with E-state index in [1.165, 1.54) is 0 Å². The van der Waals surface area contributed by atoms with Crippen LogP contribution in [0.4, 0.5) is 6.01 Å². The maximum atomic E-state index is 9.82. The first kappa shape index (κ1) is 11.7. The summed E-state index contributed by atoms with van der Waals surface area (Å²) in [7, 11) is 0. The number of piperidine rings is 1. The average Bonchev–Trinajstić information content (AvgIpc) is 2.67. The summed E-state index contributed by atoms with van der Waals surface area (Å²) in [5.41, 5.74) is -0.560. The summed E-state index contributed by atoms with van der Waals surface area (Å²) in [4.78, 5) is 2.00. The van der Waals surface area contributed by atoms with Crippen molar-refractivity contribution in [3.05, 3.63) is 5.89 Å². The smallest absolute Gasteiger partial charge is 0.318 e. The fourth-order valence-electron chi connectivity index (χ4n) is 1.73. The lowest BCUT2D eigenvalue weighted by Gasteiger charge is -2.34. The third-order valence-electron chi connectivity index (χ3n) is 2.88. The number of hydrogen-bond acceptors (Lipinski definition) is 5. The summed E-state index contributed by atoms with van der Waals surface area (Å²) in [5, 5.41) is 17.7. The number of aromatic nitrogens is 2. The molecule has 5 nitrogen and oxygen atoms in total. The van der Waals surface area contributed by atoms with Gasteiger partial charge in [0.1, 0.15) is 0 Å². The van der Waals surface area contributed by atoms with Gasteiger partial charge >= 0.3 is 6.01 Å². The Bertz CT molecular complexity index is 344. The normalized spacial score (nSPS) is 20.1. The summed E-state index contributed by atoms with van der Waals surface area (Å²) < 4.78 is 5.47. The van der Waals surface area contributed by atoms with Crippen LogP contribution in [-0.2, 0) is 6.42 Å². The summed E-state index contributed by atoms with van der Waals surface area (Å²) in [6.45, 7) is 3.35. The van der Waals surface area contributed by atoms with Crippen molar-refractivity contribution in [2.75, 3.05) is 23.9 Å². The number of anilines is 1. The number of aliphatic hydroxyl groups is 1. The molecule has 1 aromatic rings. The number of rotatable bonds is 3. The first-order chi connectivity index (χ1) is 7.61. The van der Waals surface area contributed by atoms with Gasteiger partial charge in [-0.05, 0) is 19.8 Å². The second-order valence-electron chi connectivity index (χ2n) is 4.40. The van der Waals surface area contributed by atoms with Crippen LogP contribution in [0.15, 0.2) is 4.42 Å². The van der Waals surface area contributed by atoms with Crippen LogP contribution in [0.5, 0.6) is 0 Å². The van der Waals surface area contributed by atoms with Crippen LogP contribution < -0.4 is 4.90 Å². The van der Waals surface area contributed by atoms with Crippen molar-refractivity contribution in [1.82, 2.24) is 10.2 Å². The van der Waals surface area contributed by atoms with Crippen molar-refractivity contribution in [3.63, 3.8) is 0 Å². The largest absolute Gasteiger partial charge is 0.408 e. The third-order valence-corrected chi connectivity index (χ3v) is 3.06. The van der Waals surface area contributed by atoms with Crippen LogP contribution in [0.1, 0.15) is 25.7 Å². The molecule has 1 aliphatic heterocycles. The molecule has 0 bridgehead atoms. The first-order valence-electron chi connectivity index (χ1n) is 5.46. The molecule has 1 fully saturated rings. The Hall–Kier alpha value is -0.810. The number of halogens is 1. The van der Waals surface area contributed by atoms with Crippen LogP contribution in [0.2, 0.25) is 0 Å². The van der Waals surface area contributed by atoms with Gasteiger partial charge < -0.3 is 14.4 Å². The molecule has 0 saturated carbocycles. The Labute approximate surface area is 99.4 Å². The molecular weight excluding hydrogens is 230 g/mol. The Balaban J connectivity index is 1.97. The standard InChI is InChI=1S/C10H16ClN3O2/c1-10(15)3-6-14(7-4-10)9-13-12-8(16-9)2-5-11/h15H,2-7H2,1H3. The van der Waals surface area contributed by atoms with Gasteiger partial charge in [-0.1, -0.05) is 5.10 Å². The van der Waals surface area contributed by atoms with Crippen LogP contribution in [0, 0.1) is 0 Å². The highest BCUT2D eigenvalue weighted by atomic mass is 35.5. The van der Waals surface area contributed by atoms with E-state index < -0.39 is 5.60 Å². The van der Waals surface area contributed by atoms with Gasteiger partial charge in [0.05, 0.1) is 5.60 Å². The monoisotopic (exact) mass is 245 g/mol. The zero-order chi connectivity index (χ0) is 11.6. The molecule has 0 radical (unpaired) electrons. The fourth-order valence-corrected chi connectivity index (χ4v) is 1.90. The summed E-state index contributed by atoms with van der Waals surface area (Å²) in [6, 6.07) is 0.538. The molecule has 1 saturated heterocycles. The lowest BCUT2D eigenvalue weighted by Crippen LogP contribution is -2.42. The van der Waals surface area contributed by atoms with Crippen molar-refractivity contribution >= 4 is 17.6 Å². The van der Waals surface area contributed by atoms with Crippen molar-refractivity contribution in [1.29, 1.82) is 0 Å². The lowest BCUT2D eigenvalue weighted by atomic mass is 9.94. The van der Waals surface area contributed by atoms with Gasteiger partial charge in [0.15, 0.2) is 0 Å². The molecule has 90 valence electrons. The van der Waals surface area contributed by atoms with Crippen molar-refractivity contribution < 1.29 is 9.52 Å². The highest BCUT2D eigenvalue weighted by Gasteiger charge is 2.29. The minimum absolute atomic E-state index is 0.482. The molecular formula is C10H16ClN3O2. The topological polar surface area (TPSA) is 62.4 Å². The first-order valence-corrected chi connectivity index (χ1v) is 6.00. The lowest BCUT2D eigenvalue weighted by molar-refractivity contribution is 0.0343. The zero-order valence-electron chi connectivity index (χ0n) is 9.32. The van der Waals surface area contributed by atoms with E-state index in [4.69, 9.17) is 16.0 Å². The number of nitrogens with zero attached hydrogens (tertiary/aromatic N) is 3. The SMILES string of the molecule is CC1(O)CCN(c2nnc(CCCl)o2)CC1. The van der Waals surface area contributed by atoms with Crippen molar-refractivity contribution in [2.45, 2.75) is 31.8 Å². The van der Waals surface area contributed by atoms with E-state index >= 15 is 0 Å². The molecule has 1 N–H and O–H groups in total. The maximum absolute atomic E-state index is 9.82. The quantitative estimate of drug-likeness (QED) is 0.811. The summed E-state index contributed by atoms with van der Waals surface area (Å²) in [6.07, 6.45) is 2.04. The zero-order valence-corrected chi connectivity index (χ0v) is 10.1. The minimum atomic E-state index is -0.560. The highest BCUT2D eigenvalue weighted by molar-refractivity contribution is 6.17. The van der Waals surface area contributed by atoms with E-state index in [1.807, 2.05) is 11.8 Å². The Morgan fingerprint density at radius 3 is 2.75 bits per heavy atom. The second kappa shape index (κ2) is 4.59. The molecule has 0 atom stereocenters. The molecule has 0 unspecified atom stereocenters. The molecule has 1 aliphatic rings. The predicted octanol–water partition coefficient (Wildman–Crippen LogP) is 1.20. The third kappa shape index (κ3) is 2.65. The minimum Gasteiger partial charge on any atom is -0.408 e. The highest BCUT2D eigenvalue weighted by Crippen LogP contribution is 2.24. The van der Waals surface area contributed by atoms with Crippen molar-refractivity contribution in [2.24, 2.45) is 0 Å². The Morgan fingerprint density at radius 1 is 1.44 bits per heavy atom. The van der Waals surface area contributed by atoms with Gasteiger partial charge in [0, 0.05) is 25.4 Å². The average molecular weight is 246 g/mol. The predicted molar refractivity (Wildman–Crippen MR) is 60.8 cm³/mol. The number of hydrogen-bond donors (Lipinski definition) is 1. The van der Waals surface area contributed by atoms with Crippen LogP contribution in [0.3, 0.4) is 0 Å². The van der Waals surface area contributed by atoms with Gasteiger partial charge in [-0.3, -0.25) is 0 Å². The molecule has 6 heteroatoms. The van der Waals surface area contributed by atoms with Crippen LogP contribution >= 0.6 is 11.6 Å². The van der Waals surface area contributed by atoms with Gasteiger partial charge in [0.25, 0.3) is 0 Å². The number of alkyl halides is 1. The Kier molecular flexibility index (Phi) is 3.35. The fraction of sp³-hybridized carbons (Fsp3) is 0.800. The second-order valence-corrected chi connectivity index (χ2v) is 4.78. The van der Waals surface area contributed by atoms with E-state index in [0.29, 0.717) is 24.2 Å². The van der Waals surface area contributed by atoms with Crippen molar-refractivity contribution in [3.8, 4) is 0 Å². The van der Waals surface area contributed by atoms with E-state index in [1.54, 1.807) is 0 Å². The van der Waals surface area contributed by atoms with E-state index in [2.05, 4.69) is 10.2 Å². The van der Waals surface area contributed by atoms with E-state index in [9.17, 15) is 5.11 Å². The molecule has 2 rings (SSSR count). The molecule has 0 aliphatic carbocycles. The van der Waals surface area contributed by atoms with Gasteiger partial charge in [-0.15, -0.1) is 16.7 Å². The van der Waals surface area contributed by atoms with E-state index in [0.717, 1.165) is 25.9 Å².